The Balaban J connectivity index is 1.09. The average Bonchev–Trinajstić information content (AvgIpc) is 4.09. The smallest absolute Gasteiger partial charge is 0.144 e. The van der Waals surface area contributed by atoms with Gasteiger partial charge in [-0.05, 0) is 132 Å². The number of pyridine rings is 3. The molecule has 61 heavy (non-hydrogen) atoms. The van der Waals surface area contributed by atoms with Crippen LogP contribution in [0.5, 0.6) is 0 Å². The van der Waals surface area contributed by atoms with Crippen LogP contribution in [0.3, 0.4) is 0 Å². The van der Waals surface area contributed by atoms with E-state index in [1.807, 2.05) is 36.4 Å². The molecule has 10 rings (SSSR count). The summed E-state index contributed by atoms with van der Waals surface area (Å²) in [4.78, 5) is 13.4. The minimum Gasteiger partial charge on any atom is -0.455 e. The molecule has 1 aliphatic carbocycles. The maximum atomic E-state index is 14.6. The number of hydrogen-bond acceptors (Lipinski definition) is 4. The zero-order chi connectivity index (χ0) is 54.4. The molecule has 0 spiro atoms. The summed E-state index contributed by atoms with van der Waals surface area (Å²) >= 11 is 0. The van der Waals surface area contributed by atoms with Crippen LogP contribution in [0.15, 0.2) is 169 Å². The zero-order valence-corrected chi connectivity index (χ0v) is 32.9. The molecule has 4 nitrogen and oxygen atoms in total. The van der Waals surface area contributed by atoms with Crippen LogP contribution in [0.2, 0.25) is 0 Å². The van der Waals surface area contributed by atoms with E-state index in [1.165, 1.54) is 42.7 Å². The van der Waals surface area contributed by atoms with E-state index in [2.05, 4.69) is 15.0 Å². The molecule has 0 bridgehead atoms. The van der Waals surface area contributed by atoms with Crippen molar-refractivity contribution in [3.05, 3.63) is 209 Å². The fourth-order valence-electron chi connectivity index (χ4n) is 7.68. The number of rotatable bonds is 13. The molecule has 0 saturated heterocycles. The van der Waals surface area contributed by atoms with Gasteiger partial charge in [0.1, 0.15) is 17.0 Å². The predicted octanol–water partition coefficient (Wildman–Crippen LogP) is 13.9. The molecule has 0 unspecified atom stereocenters. The SMILES string of the molecule is [2H]c1cc2c(oc3c(-c4ccc(C([2H])([2H])C([2H])([2H])c5cc(C([2H])([2H])C([2H])([2H])c6ccc(-c7ccccc7)nc6)cc(C([2H])([2H])C([2H])([2H])c6cnc(-c7ccccc7)cc6C6([2H])CCCC6)c5)cn4)cccc32)c([2H])c1F. The number of para-hydroxylation sites is 1. The van der Waals surface area contributed by atoms with Crippen LogP contribution in [0.1, 0.15) is 91.1 Å². The van der Waals surface area contributed by atoms with Crippen molar-refractivity contribution >= 4 is 21.9 Å². The topological polar surface area (TPSA) is 51.8 Å². The molecule has 5 heteroatoms. The molecule has 0 N–H and O–H groups in total. The number of hydrogen-bond donors (Lipinski definition) is 0. The molecule has 0 atom stereocenters. The number of aromatic nitrogens is 3. The fourth-order valence-corrected chi connectivity index (χ4v) is 7.68. The normalized spacial score (nSPS) is 18.6. The quantitative estimate of drug-likeness (QED) is 0.116. The fraction of sp³-hybridized carbons (Fsp3) is 0.196. The molecule has 0 amide bonds. The number of halogens is 1. The van der Waals surface area contributed by atoms with Gasteiger partial charge < -0.3 is 4.42 Å². The highest BCUT2D eigenvalue weighted by atomic mass is 19.1. The third kappa shape index (κ3) is 8.65. The Hall–Kier alpha value is -6.72. The molecule has 0 aliphatic heterocycles. The highest BCUT2D eigenvalue weighted by molar-refractivity contribution is 6.09. The Morgan fingerprint density at radius 3 is 1.80 bits per heavy atom. The maximum Gasteiger partial charge on any atom is 0.144 e. The van der Waals surface area contributed by atoms with Crippen LogP contribution in [0.4, 0.5) is 4.39 Å². The van der Waals surface area contributed by atoms with Gasteiger partial charge in [-0.3, -0.25) is 15.0 Å². The van der Waals surface area contributed by atoms with Crippen molar-refractivity contribution in [2.75, 3.05) is 0 Å². The second kappa shape index (κ2) is 17.5. The summed E-state index contributed by atoms with van der Waals surface area (Å²) < 4.78 is 161. The second-order valence-corrected chi connectivity index (χ2v) is 14.8. The Bertz CT molecular complexity index is 3660. The van der Waals surface area contributed by atoms with Crippen LogP contribution in [-0.2, 0) is 38.2 Å². The lowest BCUT2D eigenvalue weighted by Crippen LogP contribution is -2.04. The van der Waals surface area contributed by atoms with E-state index in [1.54, 1.807) is 48.5 Å². The molecule has 1 saturated carbocycles. The molecule has 4 heterocycles. The minimum absolute atomic E-state index is 0.0848. The van der Waals surface area contributed by atoms with Crippen molar-refractivity contribution in [3.63, 3.8) is 0 Å². The first kappa shape index (κ1) is 25.1. The number of benzene rings is 5. The van der Waals surface area contributed by atoms with E-state index < -0.39 is 78.7 Å². The lowest BCUT2D eigenvalue weighted by molar-refractivity contribution is 0.618. The van der Waals surface area contributed by atoms with Crippen LogP contribution in [0.25, 0.3) is 55.7 Å². The monoisotopic (exact) mass is 812 g/mol. The number of furan rings is 1. The third-order valence-corrected chi connectivity index (χ3v) is 10.7. The van der Waals surface area contributed by atoms with E-state index in [-0.39, 0.29) is 39.1 Å². The molecule has 1 fully saturated rings. The van der Waals surface area contributed by atoms with Gasteiger partial charge in [0.25, 0.3) is 0 Å². The lowest BCUT2D eigenvalue weighted by Gasteiger charge is -2.17. The van der Waals surface area contributed by atoms with Crippen LogP contribution >= 0.6 is 0 Å². The summed E-state index contributed by atoms with van der Waals surface area (Å²) in [5.41, 5.74) is 0.566. The molecule has 9 aromatic rings. The minimum atomic E-state index is -3.21. The Morgan fingerprint density at radius 2 is 1.16 bits per heavy atom. The average molecular weight is 813 g/mol. The number of aryl methyl sites for hydroxylation is 6. The van der Waals surface area contributed by atoms with Crippen molar-refractivity contribution < 1.29 is 29.4 Å². The van der Waals surface area contributed by atoms with Gasteiger partial charge in [0.2, 0.25) is 0 Å². The molecule has 300 valence electrons. The van der Waals surface area contributed by atoms with Crippen LogP contribution < -0.4 is 0 Å². The summed E-state index contributed by atoms with van der Waals surface area (Å²) in [6.45, 7) is 0. The van der Waals surface area contributed by atoms with E-state index in [4.69, 9.17) is 7.16 Å². The lowest BCUT2D eigenvalue weighted by atomic mass is 9.89. The molecular formula is C56H48FN3O. The Morgan fingerprint density at radius 1 is 0.574 bits per heavy atom. The molecule has 4 aromatic heterocycles. The summed E-state index contributed by atoms with van der Waals surface area (Å²) in [5.74, 6) is -2.38. The van der Waals surface area contributed by atoms with E-state index in [9.17, 15) is 22.2 Å². The van der Waals surface area contributed by atoms with Crippen molar-refractivity contribution in [2.24, 2.45) is 0 Å². The second-order valence-electron chi connectivity index (χ2n) is 14.8. The van der Waals surface area contributed by atoms with Gasteiger partial charge in [-0.25, -0.2) is 4.39 Å². The largest absolute Gasteiger partial charge is 0.455 e. The Labute approximate surface area is 378 Å². The maximum absolute atomic E-state index is 14.6. The van der Waals surface area contributed by atoms with E-state index >= 15 is 0 Å². The summed E-state index contributed by atoms with van der Waals surface area (Å²) in [6.07, 6.45) is -13.1. The van der Waals surface area contributed by atoms with Gasteiger partial charge in [0.15, 0.2) is 0 Å². The third-order valence-electron chi connectivity index (χ3n) is 10.7. The predicted molar refractivity (Wildman–Crippen MR) is 246 cm³/mol. The highest BCUT2D eigenvalue weighted by Crippen LogP contribution is 2.38. The Kier molecular flexibility index (Phi) is 7.20. The van der Waals surface area contributed by atoms with Crippen molar-refractivity contribution in [1.29, 1.82) is 0 Å². The van der Waals surface area contributed by atoms with E-state index in [0.29, 0.717) is 59.0 Å². The van der Waals surface area contributed by atoms with Gasteiger partial charge in [0.05, 0.1) is 19.8 Å². The first-order chi connectivity index (χ1) is 35.8. The van der Waals surface area contributed by atoms with Gasteiger partial charge in [0, 0.05) is 69.9 Å². The molecule has 0 radical (unpaired) electrons. The van der Waals surface area contributed by atoms with Crippen LogP contribution in [-0.4, -0.2) is 15.0 Å². The molecular weight excluding hydrogens is 750 g/mol. The summed E-state index contributed by atoms with van der Waals surface area (Å²) in [5, 5.41) is 0.793. The highest BCUT2D eigenvalue weighted by Gasteiger charge is 2.21. The van der Waals surface area contributed by atoms with Gasteiger partial charge in [-0.2, -0.15) is 0 Å². The van der Waals surface area contributed by atoms with Gasteiger partial charge in [-0.1, -0.05) is 116 Å². The molecule has 1 aliphatic rings. The standard InChI is InChI=1S/C56H48FN3O/c57-47-26-27-48-49-16-9-17-50(56(49)61-55(48)33-47)53-29-24-39(36-59-53)19-21-41-30-40(20-18-38-23-28-52(58-35-38)44-12-3-1-4-13-44)31-42(32-41)22-25-46-37-60-54(45-14-5-2-6-15-45)34-51(46)43-10-7-8-11-43/h1-6,9,12-17,23-24,26-37,43H,7-8,10-11,18-22,25H2/i18D2,19D2,20D2,21D2,22D2,25D2,26D,33D,43D. The van der Waals surface area contributed by atoms with Crippen molar-refractivity contribution in [2.45, 2.75) is 69.8 Å². The summed E-state index contributed by atoms with van der Waals surface area (Å²) in [6, 6.07) is 33.3. The van der Waals surface area contributed by atoms with Gasteiger partial charge >= 0.3 is 0 Å². The van der Waals surface area contributed by atoms with Crippen molar-refractivity contribution in [3.8, 4) is 33.8 Å². The van der Waals surface area contributed by atoms with Gasteiger partial charge in [-0.15, -0.1) is 0 Å². The zero-order valence-electron chi connectivity index (χ0n) is 47.9. The van der Waals surface area contributed by atoms with E-state index in [0.717, 1.165) is 30.0 Å². The first-order valence-electron chi connectivity index (χ1n) is 27.6. The summed E-state index contributed by atoms with van der Waals surface area (Å²) in [7, 11) is 0. The number of fused-ring (bicyclic) bond motifs is 3. The van der Waals surface area contributed by atoms with Crippen molar-refractivity contribution in [1.82, 2.24) is 15.0 Å². The van der Waals surface area contributed by atoms with Crippen LogP contribution in [0, 0.1) is 5.82 Å². The first-order valence-corrected chi connectivity index (χ1v) is 20.1. The number of nitrogens with zero attached hydrogens (tertiary/aromatic N) is 3. The molecule has 5 aromatic carbocycles.